The summed E-state index contributed by atoms with van der Waals surface area (Å²) in [6, 6.07) is 0. The molecule has 2 N–H and O–H groups in total. The number of epoxide rings is 1. The average Bonchev–Trinajstić information content (AvgIpc) is 3.31. The Bertz CT molecular complexity index is 638. The predicted octanol–water partition coefficient (Wildman–Crippen LogP) is 1.58. The van der Waals surface area contributed by atoms with Crippen molar-refractivity contribution in [3.63, 3.8) is 0 Å². The number of ether oxygens (including phenoxy) is 3. The molecule has 0 radical (unpaired) electrons. The summed E-state index contributed by atoms with van der Waals surface area (Å²) in [5.74, 6) is 0.0206. The molecule has 6 nitrogen and oxygen atoms in total. The van der Waals surface area contributed by atoms with E-state index in [9.17, 15) is 15.0 Å². The van der Waals surface area contributed by atoms with E-state index in [4.69, 9.17) is 14.2 Å². The lowest BCUT2D eigenvalue weighted by molar-refractivity contribution is -0.226. The van der Waals surface area contributed by atoms with Gasteiger partial charge in [0.15, 0.2) is 0 Å². The Morgan fingerprint density at radius 1 is 1.42 bits per heavy atom. The highest BCUT2D eigenvalue weighted by Crippen LogP contribution is 2.71. The Balaban J connectivity index is 1.68. The Morgan fingerprint density at radius 2 is 2.12 bits per heavy atom. The summed E-state index contributed by atoms with van der Waals surface area (Å²) in [5, 5.41) is 21.1. The molecule has 26 heavy (non-hydrogen) atoms. The highest BCUT2D eigenvalue weighted by Gasteiger charge is 2.81. The molecule has 4 rings (SSSR count). The van der Waals surface area contributed by atoms with E-state index in [1.807, 2.05) is 26.8 Å². The van der Waals surface area contributed by atoms with Crippen molar-refractivity contribution in [2.75, 3.05) is 13.2 Å². The van der Waals surface area contributed by atoms with Gasteiger partial charge in [-0.25, -0.2) is 0 Å². The molecule has 146 valence electrons. The molecular weight excluding hydrogens is 336 g/mol. The normalized spacial score (nSPS) is 49.1. The second-order valence-electron chi connectivity index (χ2n) is 9.26. The van der Waals surface area contributed by atoms with E-state index in [0.29, 0.717) is 25.9 Å². The Kier molecular flexibility index (Phi) is 4.09. The SMILES string of the molecule is CC1=C[C@H]2O[C@@H]3[C@H](O)CC(C)(C34CO4)[C@@]2(CO)C[C@@H]1OC(=O)CC(C)C. The number of aliphatic hydroxyl groups is 2. The fourth-order valence-corrected chi connectivity index (χ4v) is 5.69. The van der Waals surface area contributed by atoms with Gasteiger partial charge in [0, 0.05) is 17.3 Å². The summed E-state index contributed by atoms with van der Waals surface area (Å²) >= 11 is 0. The minimum Gasteiger partial charge on any atom is -0.458 e. The molecule has 2 aliphatic heterocycles. The molecule has 0 amide bonds. The zero-order valence-corrected chi connectivity index (χ0v) is 16.0. The fraction of sp³-hybridized carbons (Fsp3) is 0.850. The maximum absolute atomic E-state index is 12.2. The molecule has 1 spiro atoms. The molecule has 0 aromatic heterocycles. The van der Waals surface area contributed by atoms with Crippen LogP contribution in [0.25, 0.3) is 0 Å². The number of rotatable bonds is 4. The number of esters is 1. The van der Waals surface area contributed by atoms with E-state index in [2.05, 4.69) is 6.92 Å². The summed E-state index contributed by atoms with van der Waals surface area (Å²) in [5.41, 5.74) is -0.653. The van der Waals surface area contributed by atoms with Crippen LogP contribution in [0.3, 0.4) is 0 Å². The third-order valence-electron chi connectivity index (χ3n) is 7.36. The van der Waals surface area contributed by atoms with E-state index in [0.717, 1.165) is 5.57 Å². The summed E-state index contributed by atoms with van der Waals surface area (Å²) < 4.78 is 17.9. The fourth-order valence-electron chi connectivity index (χ4n) is 5.69. The van der Waals surface area contributed by atoms with Crippen LogP contribution in [0.15, 0.2) is 11.6 Å². The largest absolute Gasteiger partial charge is 0.458 e. The molecule has 2 aliphatic carbocycles. The summed E-state index contributed by atoms with van der Waals surface area (Å²) in [7, 11) is 0. The van der Waals surface area contributed by atoms with Crippen molar-refractivity contribution in [2.24, 2.45) is 16.7 Å². The molecule has 3 fully saturated rings. The van der Waals surface area contributed by atoms with Crippen molar-refractivity contribution in [3.8, 4) is 0 Å². The predicted molar refractivity (Wildman–Crippen MR) is 93.3 cm³/mol. The van der Waals surface area contributed by atoms with Crippen molar-refractivity contribution in [1.82, 2.24) is 0 Å². The molecule has 2 saturated heterocycles. The number of hydrogen-bond acceptors (Lipinski definition) is 6. The zero-order chi connectivity index (χ0) is 18.9. The van der Waals surface area contributed by atoms with Crippen LogP contribution >= 0.6 is 0 Å². The molecular formula is C20H30O6. The molecule has 0 aromatic rings. The molecule has 1 saturated carbocycles. The minimum atomic E-state index is -0.639. The topological polar surface area (TPSA) is 88.5 Å². The van der Waals surface area contributed by atoms with Crippen molar-refractivity contribution >= 4 is 5.97 Å². The van der Waals surface area contributed by atoms with E-state index in [1.165, 1.54) is 0 Å². The van der Waals surface area contributed by atoms with Crippen LogP contribution in [0.1, 0.15) is 47.0 Å². The molecule has 2 bridgehead atoms. The van der Waals surface area contributed by atoms with E-state index >= 15 is 0 Å². The van der Waals surface area contributed by atoms with Gasteiger partial charge >= 0.3 is 5.97 Å². The average molecular weight is 366 g/mol. The maximum atomic E-state index is 12.2. The Hall–Kier alpha value is -0.950. The maximum Gasteiger partial charge on any atom is 0.306 e. The van der Waals surface area contributed by atoms with Gasteiger partial charge in [-0.2, -0.15) is 0 Å². The van der Waals surface area contributed by atoms with Crippen molar-refractivity contribution in [1.29, 1.82) is 0 Å². The number of aliphatic hydroxyl groups excluding tert-OH is 2. The van der Waals surface area contributed by atoms with Crippen molar-refractivity contribution in [3.05, 3.63) is 11.6 Å². The van der Waals surface area contributed by atoms with Crippen LogP contribution < -0.4 is 0 Å². The zero-order valence-electron chi connectivity index (χ0n) is 16.0. The molecule has 2 unspecified atom stereocenters. The van der Waals surface area contributed by atoms with Gasteiger partial charge in [0.1, 0.15) is 17.8 Å². The van der Waals surface area contributed by atoms with Crippen LogP contribution in [-0.2, 0) is 19.0 Å². The first-order valence-corrected chi connectivity index (χ1v) is 9.65. The van der Waals surface area contributed by atoms with Gasteiger partial charge < -0.3 is 24.4 Å². The second kappa shape index (κ2) is 5.77. The monoisotopic (exact) mass is 366 g/mol. The van der Waals surface area contributed by atoms with E-state index < -0.39 is 22.5 Å². The van der Waals surface area contributed by atoms with Gasteiger partial charge in [0.05, 0.1) is 25.4 Å². The molecule has 2 heterocycles. The molecule has 6 heteroatoms. The summed E-state index contributed by atoms with van der Waals surface area (Å²) in [4.78, 5) is 12.2. The van der Waals surface area contributed by atoms with Gasteiger partial charge in [-0.05, 0) is 31.3 Å². The third kappa shape index (κ3) is 2.22. The Labute approximate surface area is 154 Å². The first kappa shape index (κ1) is 18.4. The standard InChI is InChI=1S/C20H30O6/c1-11(2)5-16(23)25-14-8-19(9-21)15(6-12(14)3)26-17-13(22)7-18(19,4)20(17)10-24-20/h6,11,13-15,17,21-22H,5,7-10H2,1-4H3/t13-,14+,15-,17-,18?,19-,20?/m1/s1. The first-order chi connectivity index (χ1) is 12.2. The van der Waals surface area contributed by atoms with Gasteiger partial charge in [-0.3, -0.25) is 4.79 Å². The van der Waals surface area contributed by atoms with E-state index in [1.54, 1.807) is 0 Å². The smallest absolute Gasteiger partial charge is 0.306 e. The third-order valence-corrected chi connectivity index (χ3v) is 7.36. The number of hydrogen-bond donors (Lipinski definition) is 2. The van der Waals surface area contributed by atoms with Gasteiger partial charge in [0.2, 0.25) is 0 Å². The van der Waals surface area contributed by atoms with Crippen LogP contribution in [0.4, 0.5) is 0 Å². The highest BCUT2D eigenvalue weighted by molar-refractivity contribution is 5.70. The molecule has 7 atom stereocenters. The number of fused-ring (bicyclic) bond motifs is 2. The highest BCUT2D eigenvalue weighted by atomic mass is 16.6. The Morgan fingerprint density at radius 3 is 2.69 bits per heavy atom. The van der Waals surface area contributed by atoms with Crippen molar-refractivity contribution < 1.29 is 29.2 Å². The lowest BCUT2D eigenvalue weighted by Gasteiger charge is -2.58. The van der Waals surface area contributed by atoms with Crippen molar-refractivity contribution in [2.45, 2.75) is 77.0 Å². The van der Waals surface area contributed by atoms with Crippen LogP contribution in [-0.4, -0.2) is 59.4 Å². The summed E-state index contributed by atoms with van der Waals surface area (Å²) in [6.45, 7) is 8.45. The number of carbonyl (C=O) groups excluding carboxylic acids is 1. The van der Waals surface area contributed by atoms with Crippen LogP contribution in [0.5, 0.6) is 0 Å². The van der Waals surface area contributed by atoms with Crippen LogP contribution in [0, 0.1) is 16.7 Å². The van der Waals surface area contributed by atoms with Gasteiger partial charge in [0.25, 0.3) is 0 Å². The molecule has 0 aromatic carbocycles. The first-order valence-electron chi connectivity index (χ1n) is 9.65. The molecule has 4 aliphatic rings. The van der Waals surface area contributed by atoms with Crippen LogP contribution in [0.2, 0.25) is 0 Å². The quantitative estimate of drug-likeness (QED) is 0.446. The lowest BCUT2D eigenvalue weighted by Crippen LogP contribution is -2.65. The lowest BCUT2D eigenvalue weighted by atomic mass is 9.51. The summed E-state index contributed by atoms with van der Waals surface area (Å²) in [6.07, 6.45) is 1.71. The van der Waals surface area contributed by atoms with Gasteiger partial charge in [-0.15, -0.1) is 0 Å². The minimum absolute atomic E-state index is 0.0965. The number of carbonyl (C=O) groups is 1. The van der Waals surface area contributed by atoms with E-state index in [-0.39, 0.29) is 36.8 Å². The second-order valence-corrected chi connectivity index (χ2v) is 9.26. The van der Waals surface area contributed by atoms with Gasteiger partial charge in [-0.1, -0.05) is 26.8 Å².